The fraction of sp³-hybridized carbons (Fsp3) is 0.278. The maximum atomic E-state index is 12.3. The second-order valence-electron chi connectivity index (χ2n) is 5.44. The molecule has 1 heterocycles. The van der Waals surface area contributed by atoms with E-state index in [1.807, 2.05) is 53.4 Å². The van der Waals surface area contributed by atoms with Crippen LogP contribution >= 0.6 is 15.9 Å². The number of benzene rings is 2. The molecule has 0 bridgehead atoms. The van der Waals surface area contributed by atoms with E-state index in [0.717, 1.165) is 47.3 Å². The first kappa shape index (κ1) is 15.1. The molecule has 0 saturated carbocycles. The van der Waals surface area contributed by atoms with Crippen molar-refractivity contribution in [3.8, 4) is 5.75 Å². The van der Waals surface area contributed by atoms with E-state index < -0.39 is 0 Å². The van der Waals surface area contributed by atoms with Crippen molar-refractivity contribution in [1.29, 1.82) is 0 Å². The van der Waals surface area contributed by atoms with E-state index in [4.69, 9.17) is 4.74 Å². The zero-order valence-electron chi connectivity index (χ0n) is 12.3. The Morgan fingerprint density at radius 3 is 2.50 bits per heavy atom. The lowest BCUT2D eigenvalue weighted by Gasteiger charge is -2.15. The number of halogens is 1. The Morgan fingerprint density at radius 1 is 1.09 bits per heavy atom. The van der Waals surface area contributed by atoms with Crippen LogP contribution in [0.25, 0.3) is 0 Å². The fourth-order valence-corrected chi connectivity index (χ4v) is 2.95. The summed E-state index contributed by atoms with van der Waals surface area (Å²) in [5, 5.41) is 0. The lowest BCUT2D eigenvalue weighted by atomic mass is 10.1. The molecular weight excluding hydrogens is 342 g/mol. The largest absolute Gasteiger partial charge is 0.489 e. The molecule has 2 aromatic carbocycles. The summed E-state index contributed by atoms with van der Waals surface area (Å²) in [7, 11) is 0. The standard InChI is InChI=1S/C18H18BrNO2/c19-16-4-3-5-17(12-16)22-13-14-6-8-15(9-7-14)18(21)20-10-1-2-11-20/h3-9,12H,1-2,10-11,13H2. The van der Waals surface area contributed by atoms with E-state index in [1.165, 1.54) is 0 Å². The van der Waals surface area contributed by atoms with Crippen molar-refractivity contribution in [1.82, 2.24) is 4.90 Å². The Bertz CT molecular complexity index is 648. The molecular formula is C18H18BrNO2. The van der Waals surface area contributed by atoms with Gasteiger partial charge in [-0.25, -0.2) is 0 Å². The van der Waals surface area contributed by atoms with Gasteiger partial charge in [-0.15, -0.1) is 0 Å². The molecule has 0 radical (unpaired) electrons. The van der Waals surface area contributed by atoms with Crippen LogP contribution in [0.2, 0.25) is 0 Å². The number of carbonyl (C=O) groups excluding carboxylic acids is 1. The highest BCUT2D eigenvalue weighted by molar-refractivity contribution is 9.10. The molecule has 0 aliphatic carbocycles. The lowest BCUT2D eigenvalue weighted by Crippen LogP contribution is -2.27. The van der Waals surface area contributed by atoms with Crippen molar-refractivity contribution in [2.45, 2.75) is 19.4 Å². The van der Waals surface area contributed by atoms with Crippen molar-refractivity contribution in [2.24, 2.45) is 0 Å². The monoisotopic (exact) mass is 359 g/mol. The minimum Gasteiger partial charge on any atom is -0.489 e. The molecule has 0 unspecified atom stereocenters. The molecule has 3 rings (SSSR count). The molecule has 0 N–H and O–H groups in total. The number of nitrogens with zero attached hydrogens (tertiary/aromatic N) is 1. The van der Waals surface area contributed by atoms with Gasteiger partial charge in [-0.2, -0.15) is 0 Å². The number of rotatable bonds is 4. The molecule has 0 aromatic heterocycles. The highest BCUT2D eigenvalue weighted by Crippen LogP contribution is 2.19. The summed E-state index contributed by atoms with van der Waals surface area (Å²) in [6.45, 7) is 2.26. The van der Waals surface area contributed by atoms with Crippen LogP contribution in [-0.4, -0.2) is 23.9 Å². The average molecular weight is 360 g/mol. The molecule has 4 heteroatoms. The highest BCUT2D eigenvalue weighted by Gasteiger charge is 2.19. The molecule has 0 atom stereocenters. The molecule has 114 valence electrons. The van der Waals surface area contributed by atoms with Gasteiger partial charge in [0.15, 0.2) is 0 Å². The third-order valence-electron chi connectivity index (χ3n) is 3.80. The van der Waals surface area contributed by atoms with E-state index >= 15 is 0 Å². The fourth-order valence-electron chi connectivity index (χ4n) is 2.57. The molecule has 0 spiro atoms. The summed E-state index contributed by atoms with van der Waals surface area (Å²) in [5.74, 6) is 0.962. The topological polar surface area (TPSA) is 29.5 Å². The molecule has 1 fully saturated rings. The van der Waals surface area contributed by atoms with E-state index in [0.29, 0.717) is 6.61 Å². The van der Waals surface area contributed by atoms with Crippen molar-refractivity contribution >= 4 is 21.8 Å². The van der Waals surface area contributed by atoms with Gasteiger partial charge in [0, 0.05) is 23.1 Å². The minimum atomic E-state index is 0.136. The summed E-state index contributed by atoms with van der Waals surface area (Å²) in [4.78, 5) is 14.2. The van der Waals surface area contributed by atoms with Gasteiger partial charge in [-0.3, -0.25) is 4.79 Å². The lowest BCUT2D eigenvalue weighted by molar-refractivity contribution is 0.0793. The van der Waals surface area contributed by atoms with Crippen LogP contribution in [0, 0.1) is 0 Å². The first-order valence-electron chi connectivity index (χ1n) is 7.49. The quantitative estimate of drug-likeness (QED) is 0.815. The zero-order chi connectivity index (χ0) is 15.4. The molecule has 22 heavy (non-hydrogen) atoms. The van der Waals surface area contributed by atoms with E-state index in [2.05, 4.69) is 15.9 Å². The average Bonchev–Trinajstić information content (AvgIpc) is 3.07. The van der Waals surface area contributed by atoms with Crippen LogP contribution in [0.1, 0.15) is 28.8 Å². The SMILES string of the molecule is O=C(c1ccc(COc2cccc(Br)c2)cc1)N1CCCC1. The predicted octanol–water partition coefficient (Wildman–Crippen LogP) is 4.26. The van der Waals surface area contributed by atoms with Gasteiger partial charge in [-0.05, 0) is 48.7 Å². The summed E-state index contributed by atoms with van der Waals surface area (Å²) in [6, 6.07) is 15.5. The Labute approximate surface area is 139 Å². The van der Waals surface area contributed by atoms with Crippen molar-refractivity contribution in [2.75, 3.05) is 13.1 Å². The Kier molecular flexibility index (Phi) is 4.78. The second-order valence-corrected chi connectivity index (χ2v) is 6.36. The van der Waals surface area contributed by atoms with Gasteiger partial charge in [0.25, 0.3) is 5.91 Å². The normalized spacial score (nSPS) is 14.1. The predicted molar refractivity (Wildman–Crippen MR) is 90.1 cm³/mol. The minimum absolute atomic E-state index is 0.136. The smallest absolute Gasteiger partial charge is 0.253 e. The molecule has 1 amide bonds. The van der Waals surface area contributed by atoms with Gasteiger partial charge in [0.1, 0.15) is 12.4 Å². The summed E-state index contributed by atoms with van der Waals surface area (Å²) >= 11 is 3.42. The van der Waals surface area contributed by atoms with Crippen molar-refractivity contribution in [3.05, 3.63) is 64.1 Å². The van der Waals surface area contributed by atoms with Crippen LogP contribution < -0.4 is 4.74 Å². The van der Waals surface area contributed by atoms with Crippen LogP contribution in [0.3, 0.4) is 0 Å². The van der Waals surface area contributed by atoms with Gasteiger partial charge < -0.3 is 9.64 Å². The van der Waals surface area contributed by atoms with Crippen LogP contribution in [0.5, 0.6) is 5.75 Å². The van der Waals surface area contributed by atoms with E-state index in [1.54, 1.807) is 0 Å². The third-order valence-corrected chi connectivity index (χ3v) is 4.29. The van der Waals surface area contributed by atoms with Gasteiger partial charge in [0.2, 0.25) is 0 Å². The Morgan fingerprint density at radius 2 is 1.82 bits per heavy atom. The first-order valence-corrected chi connectivity index (χ1v) is 8.28. The van der Waals surface area contributed by atoms with Gasteiger partial charge in [-0.1, -0.05) is 34.1 Å². The zero-order valence-corrected chi connectivity index (χ0v) is 13.9. The molecule has 1 aliphatic rings. The molecule has 3 nitrogen and oxygen atoms in total. The van der Waals surface area contributed by atoms with Crippen molar-refractivity contribution in [3.63, 3.8) is 0 Å². The van der Waals surface area contributed by atoms with E-state index in [-0.39, 0.29) is 5.91 Å². The van der Waals surface area contributed by atoms with Gasteiger partial charge in [0.05, 0.1) is 0 Å². The molecule has 1 aliphatic heterocycles. The number of carbonyl (C=O) groups is 1. The summed E-state index contributed by atoms with van der Waals surface area (Å²) < 4.78 is 6.74. The maximum Gasteiger partial charge on any atom is 0.253 e. The first-order chi connectivity index (χ1) is 10.7. The second kappa shape index (κ2) is 6.97. The van der Waals surface area contributed by atoms with E-state index in [9.17, 15) is 4.79 Å². The summed E-state index contributed by atoms with van der Waals surface area (Å²) in [5.41, 5.74) is 1.81. The Hall–Kier alpha value is -1.81. The van der Waals surface area contributed by atoms with Crippen LogP contribution in [-0.2, 0) is 6.61 Å². The van der Waals surface area contributed by atoms with Gasteiger partial charge >= 0.3 is 0 Å². The highest BCUT2D eigenvalue weighted by atomic mass is 79.9. The number of hydrogen-bond donors (Lipinski definition) is 0. The molecule has 2 aromatic rings. The number of amides is 1. The third kappa shape index (κ3) is 3.69. The number of likely N-dealkylation sites (tertiary alicyclic amines) is 1. The van der Waals surface area contributed by atoms with Crippen LogP contribution in [0.15, 0.2) is 53.0 Å². The van der Waals surface area contributed by atoms with Crippen LogP contribution in [0.4, 0.5) is 0 Å². The Balaban J connectivity index is 1.60. The summed E-state index contributed by atoms with van der Waals surface area (Å²) in [6.07, 6.45) is 2.23. The number of hydrogen-bond acceptors (Lipinski definition) is 2. The maximum absolute atomic E-state index is 12.3. The van der Waals surface area contributed by atoms with Crippen molar-refractivity contribution < 1.29 is 9.53 Å². The molecule has 1 saturated heterocycles. The number of ether oxygens (including phenoxy) is 1.